The van der Waals surface area contributed by atoms with E-state index >= 15 is 0 Å². The maximum Gasteiger partial charge on any atom is 0.417 e. The topological polar surface area (TPSA) is 54.7 Å². The van der Waals surface area contributed by atoms with Crippen LogP contribution in [0.3, 0.4) is 0 Å². The number of aromatic nitrogens is 2. The minimum absolute atomic E-state index is 0.0642. The van der Waals surface area contributed by atoms with E-state index in [2.05, 4.69) is 25.9 Å². The molecule has 0 aliphatic carbocycles. The summed E-state index contributed by atoms with van der Waals surface area (Å²) in [4.78, 5) is 6.94. The minimum atomic E-state index is -4.40. The summed E-state index contributed by atoms with van der Waals surface area (Å²) in [6, 6.07) is 2.00. The standard InChI is InChI=1S/C10H9BrF3N3/c1-4(15)9-16-6-3-2-5(10(12,13)14)7(11)8(6)17-9/h2-4H,15H2,1H3,(H,16,17). The van der Waals surface area contributed by atoms with Gasteiger partial charge in [0.15, 0.2) is 0 Å². The number of hydrogen-bond acceptors (Lipinski definition) is 2. The predicted molar refractivity (Wildman–Crippen MR) is 61.4 cm³/mol. The summed E-state index contributed by atoms with van der Waals surface area (Å²) in [6.07, 6.45) is -4.40. The SMILES string of the molecule is CC(N)c1nc2c(Br)c(C(F)(F)F)ccc2[nH]1. The third-order valence-electron chi connectivity index (χ3n) is 2.35. The van der Waals surface area contributed by atoms with Crippen LogP contribution in [0.5, 0.6) is 0 Å². The molecule has 0 saturated heterocycles. The molecule has 7 heteroatoms. The summed E-state index contributed by atoms with van der Waals surface area (Å²) < 4.78 is 37.9. The number of H-pyrrole nitrogens is 1. The number of aromatic amines is 1. The van der Waals surface area contributed by atoms with Gasteiger partial charge in [0.05, 0.1) is 21.6 Å². The second-order valence-electron chi connectivity index (χ2n) is 3.73. The van der Waals surface area contributed by atoms with Crippen LogP contribution in [-0.2, 0) is 6.18 Å². The molecule has 92 valence electrons. The summed E-state index contributed by atoms with van der Waals surface area (Å²) in [6.45, 7) is 1.70. The van der Waals surface area contributed by atoms with Crippen molar-refractivity contribution in [2.45, 2.75) is 19.1 Å². The minimum Gasteiger partial charge on any atom is -0.341 e. The smallest absolute Gasteiger partial charge is 0.341 e. The van der Waals surface area contributed by atoms with Crippen molar-refractivity contribution in [1.29, 1.82) is 0 Å². The monoisotopic (exact) mass is 307 g/mol. The van der Waals surface area contributed by atoms with Crippen LogP contribution in [0, 0.1) is 0 Å². The van der Waals surface area contributed by atoms with Crippen LogP contribution in [0.15, 0.2) is 16.6 Å². The van der Waals surface area contributed by atoms with E-state index in [1.807, 2.05) is 0 Å². The first-order valence-electron chi connectivity index (χ1n) is 4.81. The van der Waals surface area contributed by atoms with E-state index in [-0.39, 0.29) is 16.0 Å². The molecule has 1 aromatic carbocycles. The lowest BCUT2D eigenvalue weighted by molar-refractivity contribution is -0.138. The Morgan fingerprint density at radius 1 is 1.41 bits per heavy atom. The van der Waals surface area contributed by atoms with Crippen molar-refractivity contribution in [2.24, 2.45) is 5.73 Å². The number of nitrogens with two attached hydrogens (primary N) is 1. The first-order chi connectivity index (χ1) is 7.80. The van der Waals surface area contributed by atoms with E-state index in [1.54, 1.807) is 6.92 Å². The number of benzene rings is 1. The lowest BCUT2D eigenvalue weighted by Gasteiger charge is -2.08. The molecule has 2 aromatic rings. The number of hydrogen-bond donors (Lipinski definition) is 2. The average Bonchev–Trinajstić information content (AvgIpc) is 2.60. The second kappa shape index (κ2) is 3.99. The molecule has 0 fully saturated rings. The number of nitrogens with one attached hydrogen (secondary N) is 1. The van der Waals surface area contributed by atoms with Crippen molar-refractivity contribution < 1.29 is 13.2 Å². The van der Waals surface area contributed by atoms with Crippen molar-refractivity contribution >= 4 is 27.0 Å². The van der Waals surface area contributed by atoms with Gasteiger partial charge in [-0.2, -0.15) is 13.2 Å². The lowest BCUT2D eigenvalue weighted by Crippen LogP contribution is -2.06. The Balaban J connectivity index is 2.67. The zero-order chi connectivity index (χ0) is 12.8. The highest BCUT2D eigenvalue weighted by Crippen LogP contribution is 2.38. The van der Waals surface area contributed by atoms with Gasteiger partial charge in [-0.1, -0.05) is 0 Å². The van der Waals surface area contributed by atoms with Crippen LogP contribution >= 0.6 is 15.9 Å². The number of rotatable bonds is 1. The third-order valence-corrected chi connectivity index (χ3v) is 3.15. The molecule has 0 radical (unpaired) electrons. The van der Waals surface area contributed by atoms with Gasteiger partial charge < -0.3 is 10.7 Å². The quantitative estimate of drug-likeness (QED) is 0.848. The van der Waals surface area contributed by atoms with Gasteiger partial charge in [-0.15, -0.1) is 0 Å². The molecule has 0 bridgehead atoms. The van der Waals surface area contributed by atoms with Crippen LogP contribution in [-0.4, -0.2) is 9.97 Å². The molecular formula is C10H9BrF3N3. The van der Waals surface area contributed by atoms with E-state index in [9.17, 15) is 13.2 Å². The highest BCUT2D eigenvalue weighted by Gasteiger charge is 2.34. The second-order valence-corrected chi connectivity index (χ2v) is 4.52. The van der Waals surface area contributed by atoms with Crippen LogP contribution < -0.4 is 5.73 Å². The van der Waals surface area contributed by atoms with Gasteiger partial charge in [0, 0.05) is 0 Å². The van der Waals surface area contributed by atoms with Gasteiger partial charge >= 0.3 is 6.18 Å². The van der Waals surface area contributed by atoms with Gasteiger partial charge in [0.1, 0.15) is 11.3 Å². The van der Waals surface area contributed by atoms with Crippen LogP contribution in [0.4, 0.5) is 13.2 Å². The van der Waals surface area contributed by atoms with E-state index in [0.717, 1.165) is 6.07 Å². The zero-order valence-electron chi connectivity index (χ0n) is 8.77. The Morgan fingerprint density at radius 2 is 2.06 bits per heavy atom. The van der Waals surface area contributed by atoms with E-state index < -0.39 is 11.7 Å². The van der Waals surface area contributed by atoms with Crippen LogP contribution in [0.25, 0.3) is 11.0 Å². The highest BCUT2D eigenvalue weighted by atomic mass is 79.9. The summed E-state index contributed by atoms with van der Waals surface area (Å²) in [7, 11) is 0. The van der Waals surface area contributed by atoms with Crippen molar-refractivity contribution in [3.05, 3.63) is 28.0 Å². The Morgan fingerprint density at radius 3 is 2.59 bits per heavy atom. The highest BCUT2D eigenvalue weighted by molar-refractivity contribution is 9.10. The van der Waals surface area contributed by atoms with Gasteiger partial charge in [0.25, 0.3) is 0 Å². The molecule has 1 unspecified atom stereocenters. The molecule has 2 rings (SSSR count). The van der Waals surface area contributed by atoms with Gasteiger partial charge in [-0.3, -0.25) is 0 Å². The maximum atomic E-state index is 12.6. The molecular weight excluding hydrogens is 299 g/mol. The lowest BCUT2D eigenvalue weighted by atomic mass is 10.2. The van der Waals surface area contributed by atoms with E-state index in [4.69, 9.17) is 5.73 Å². The summed E-state index contributed by atoms with van der Waals surface area (Å²) >= 11 is 2.94. The molecule has 0 amide bonds. The molecule has 0 aliphatic rings. The number of halogens is 4. The van der Waals surface area contributed by atoms with Crippen molar-refractivity contribution in [1.82, 2.24) is 9.97 Å². The Labute approximate surface area is 103 Å². The first-order valence-corrected chi connectivity index (χ1v) is 5.61. The number of nitrogens with zero attached hydrogens (tertiary/aromatic N) is 1. The molecule has 0 aliphatic heterocycles. The molecule has 3 N–H and O–H groups in total. The Kier molecular flexibility index (Phi) is 2.90. The molecule has 0 saturated carbocycles. The van der Waals surface area contributed by atoms with E-state index in [1.165, 1.54) is 6.07 Å². The zero-order valence-corrected chi connectivity index (χ0v) is 10.4. The normalized spacial score (nSPS) is 14.2. The van der Waals surface area contributed by atoms with Gasteiger partial charge in [0.2, 0.25) is 0 Å². The number of alkyl halides is 3. The van der Waals surface area contributed by atoms with Crippen LogP contribution in [0.2, 0.25) is 0 Å². The van der Waals surface area contributed by atoms with Crippen molar-refractivity contribution in [3.8, 4) is 0 Å². The molecule has 0 spiro atoms. The molecule has 17 heavy (non-hydrogen) atoms. The van der Waals surface area contributed by atoms with Gasteiger partial charge in [-0.25, -0.2) is 4.98 Å². The fraction of sp³-hybridized carbons (Fsp3) is 0.300. The van der Waals surface area contributed by atoms with Crippen LogP contribution in [0.1, 0.15) is 24.4 Å². The summed E-state index contributed by atoms with van der Waals surface area (Å²) in [5, 5.41) is 0. The third kappa shape index (κ3) is 2.16. The fourth-order valence-electron chi connectivity index (χ4n) is 1.50. The summed E-state index contributed by atoms with van der Waals surface area (Å²) in [5.41, 5.74) is 5.65. The van der Waals surface area contributed by atoms with Crippen molar-refractivity contribution in [3.63, 3.8) is 0 Å². The molecule has 1 aromatic heterocycles. The molecule has 1 heterocycles. The fourth-order valence-corrected chi connectivity index (χ4v) is 2.15. The maximum absolute atomic E-state index is 12.6. The Hall–Kier alpha value is -1.08. The molecule has 3 nitrogen and oxygen atoms in total. The summed E-state index contributed by atoms with van der Waals surface area (Å²) in [5.74, 6) is 0.458. The predicted octanol–water partition coefficient (Wildman–Crippen LogP) is 3.36. The molecule has 1 atom stereocenters. The van der Waals surface area contributed by atoms with Crippen molar-refractivity contribution in [2.75, 3.05) is 0 Å². The van der Waals surface area contributed by atoms with E-state index in [0.29, 0.717) is 11.3 Å². The number of imidazole rings is 1. The number of fused-ring (bicyclic) bond motifs is 1. The van der Waals surface area contributed by atoms with Gasteiger partial charge in [-0.05, 0) is 35.0 Å². The average molecular weight is 308 g/mol. The Bertz CT molecular complexity index is 560. The first kappa shape index (κ1) is 12.4. The largest absolute Gasteiger partial charge is 0.417 e.